The quantitative estimate of drug-likeness (QED) is 0.0816. The molecule has 254 valence electrons. The molecule has 0 spiro atoms. The highest BCUT2D eigenvalue weighted by atomic mass is 16.6. The van der Waals surface area contributed by atoms with E-state index in [-0.39, 0.29) is 5.60 Å². The summed E-state index contributed by atoms with van der Waals surface area (Å²) in [4.78, 5) is 20.7. The molecule has 0 N–H and O–H groups in total. The van der Waals surface area contributed by atoms with Crippen LogP contribution in [0.3, 0.4) is 0 Å². The van der Waals surface area contributed by atoms with Gasteiger partial charge in [0.2, 0.25) is 0 Å². The predicted octanol–water partition coefficient (Wildman–Crippen LogP) is 8.47. The number of aryl methyl sites for hydroxylation is 2. The summed E-state index contributed by atoms with van der Waals surface area (Å²) in [6.07, 6.45) is 7.42. The minimum atomic E-state index is -0.985. The van der Waals surface area contributed by atoms with Gasteiger partial charge in [0, 0.05) is 30.4 Å². The summed E-state index contributed by atoms with van der Waals surface area (Å²) >= 11 is 0. The number of allylic oxidation sites excluding steroid dienone is 1. The van der Waals surface area contributed by atoms with Gasteiger partial charge in [-0.3, -0.25) is 0 Å². The second kappa shape index (κ2) is 14.9. The molecular weight excluding hydrogens is 600 g/mol. The smallest absolute Gasteiger partial charge is 0.339 e. The largest absolute Gasteiger partial charge is 0.467 e. The number of piperidine rings is 1. The van der Waals surface area contributed by atoms with Crippen LogP contribution >= 0.6 is 0 Å². The second-order valence-corrected chi connectivity index (χ2v) is 13.8. The molecule has 5 rings (SSSR count). The molecule has 0 radical (unpaired) electrons. The predicted molar refractivity (Wildman–Crippen MR) is 193 cm³/mol. The lowest BCUT2D eigenvalue weighted by atomic mass is 9.92. The van der Waals surface area contributed by atoms with E-state index in [1.54, 1.807) is 6.08 Å². The Labute approximate surface area is 285 Å². The monoisotopic (exact) mass is 650 g/mol. The van der Waals surface area contributed by atoms with Crippen LogP contribution in [0.5, 0.6) is 0 Å². The maximum atomic E-state index is 13.4. The number of ether oxygens (including phenoxy) is 3. The molecule has 0 saturated carbocycles. The second-order valence-electron chi connectivity index (χ2n) is 13.8. The molecule has 1 aliphatic heterocycles. The summed E-state index contributed by atoms with van der Waals surface area (Å²) in [7, 11) is 1.39. The summed E-state index contributed by atoms with van der Waals surface area (Å²) in [6.45, 7) is 19.5. The molecule has 3 heterocycles. The van der Waals surface area contributed by atoms with E-state index in [1.165, 1.54) is 18.2 Å². The average Bonchev–Trinajstić information content (AvgIpc) is 3.50. The van der Waals surface area contributed by atoms with Crippen molar-refractivity contribution < 1.29 is 19.0 Å². The molecule has 1 unspecified atom stereocenters. The molecule has 2 aromatic heterocycles. The van der Waals surface area contributed by atoms with Gasteiger partial charge in [-0.1, -0.05) is 54.6 Å². The molecule has 2 aromatic carbocycles. The van der Waals surface area contributed by atoms with Crippen LogP contribution in [0, 0.1) is 6.92 Å². The van der Waals surface area contributed by atoms with Gasteiger partial charge in [-0.25, -0.2) is 9.78 Å². The Bertz CT molecular complexity index is 1760. The third-order valence-electron chi connectivity index (χ3n) is 8.96. The van der Waals surface area contributed by atoms with Crippen LogP contribution in [0.4, 0.5) is 5.82 Å². The van der Waals surface area contributed by atoms with Gasteiger partial charge in [0.15, 0.2) is 11.8 Å². The van der Waals surface area contributed by atoms with E-state index in [4.69, 9.17) is 24.3 Å². The van der Waals surface area contributed by atoms with Gasteiger partial charge >= 0.3 is 5.97 Å². The van der Waals surface area contributed by atoms with Crippen molar-refractivity contribution in [2.45, 2.75) is 84.0 Å². The number of rotatable bonds is 13. The first-order valence-electron chi connectivity index (χ1n) is 16.9. The molecule has 1 fully saturated rings. The molecule has 4 aromatic rings. The molecule has 0 aliphatic carbocycles. The maximum absolute atomic E-state index is 13.4. The third-order valence-corrected chi connectivity index (χ3v) is 8.96. The van der Waals surface area contributed by atoms with Crippen molar-refractivity contribution >= 4 is 17.4 Å². The Morgan fingerprint density at radius 2 is 1.77 bits per heavy atom. The minimum Gasteiger partial charge on any atom is -0.467 e. The van der Waals surface area contributed by atoms with Gasteiger partial charge < -0.3 is 19.1 Å². The standard InChI is InChI=1S/C40H50N4O4/c1-9-11-12-16-29-17-13-14-20-32(29)30-18-15-19-31(26-30)33-27-34-41-28(3)35(36(38(45)46-8)48-39(4,5)6)37(44(34)42-33)43-23-21-40(7,22-24-43)47-25-10-2/h9-10,13-15,17-20,26-27,36H,1-2,11-12,16,21-25H2,3-8H3. The molecule has 8 heteroatoms. The summed E-state index contributed by atoms with van der Waals surface area (Å²) in [5.41, 5.74) is 6.64. The molecule has 48 heavy (non-hydrogen) atoms. The zero-order chi connectivity index (χ0) is 34.5. The lowest BCUT2D eigenvalue weighted by Crippen LogP contribution is -2.45. The van der Waals surface area contributed by atoms with E-state index in [0.717, 1.165) is 54.7 Å². The van der Waals surface area contributed by atoms with Crippen molar-refractivity contribution in [3.63, 3.8) is 0 Å². The van der Waals surface area contributed by atoms with Crippen molar-refractivity contribution in [3.8, 4) is 22.4 Å². The number of hydrogen-bond acceptors (Lipinski definition) is 7. The summed E-state index contributed by atoms with van der Waals surface area (Å²) in [5.74, 6) is 0.316. The SMILES string of the molecule is C=CCCCc1ccccc1-c1cccc(-c2cc3nc(C)c(C(OC(C)(C)C)C(=O)OC)c(N4CCC(C)(OCC=C)CC4)n3n2)c1. The number of aromatic nitrogens is 3. The van der Waals surface area contributed by atoms with Crippen LogP contribution in [0.25, 0.3) is 28.0 Å². The van der Waals surface area contributed by atoms with E-state index in [9.17, 15) is 4.79 Å². The Kier molecular flexibility index (Phi) is 10.9. The Balaban J connectivity index is 1.62. The third kappa shape index (κ3) is 7.88. The fourth-order valence-corrected chi connectivity index (χ4v) is 6.45. The van der Waals surface area contributed by atoms with Crippen LogP contribution in [-0.4, -0.2) is 58.6 Å². The number of anilines is 1. The number of nitrogens with zero attached hydrogens (tertiary/aromatic N) is 4. The number of unbranched alkanes of at least 4 members (excludes halogenated alkanes) is 1. The van der Waals surface area contributed by atoms with E-state index in [0.29, 0.717) is 36.6 Å². The number of benzene rings is 2. The minimum absolute atomic E-state index is 0.270. The van der Waals surface area contributed by atoms with Crippen molar-refractivity contribution in [2.24, 2.45) is 0 Å². The van der Waals surface area contributed by atoms with Crippen LogP contribution in [-0.2, 0) is 25.4 Å². The van der Waals surface area contributed by atoms with Crippen LogP contribution in [0.2, 0.25) is 0 Å². The highest BCUT2D eigenvalue weighted by Crippen LogP contribution is 2.39. The van der Waals surface area contributed by atoms with Crippen LogP contribution < -0.4 is 4.90 Å². The number of esters is 1. The van der Waals surface area contributed by atoms with Gasteiger partial charge in [-0.2, -0.15) is 9.61 Å². The lowest BCUT2D eigenvalue weighted by molar-refractivity contribution is -0.164. The summed E-state index contributed by atoms with van der Waals surface area (Å²) < 4.78 is 19.8. The summed E-state index contributed by atoms with van der Waals surface area (Å²) in [6, 6.07) is 19.1. The number of carbonyl (C=O) groups excluding carboxylic acids is 1. The molecule has 8 nitrogen and oxygen atoms in total. The fourth-order valence-electron chi connectivity index (χ4n) is 6.45. The normalized spacial score (nSPS) is 15.3. The van der Waals surface area contributed by atoms with Gasteiger partial charge in [0.25, 0.3) is 0 Å². The van der Waals surface area contributed by atoms with Gasteiger partial charge in [-0.05, 0) is 89.5 Å². The first-order valence-corrected chi connectivity index (χ1v) is 16.9. The fraction of sp³-hybridized carbons (Fsp3) is 0.425. The highest BCUT2D eigenvalue weighted by Gasteiger charge is 2.38. The van der Waals surface area contributed by atoms with Crippen LogP contribution in [0.1, 0.15) is 76.3 Å². The summed E-state index contributed by atoms with van der Waals surface area (Å²) in [5, 5.41) is 5.18. The zero-order valence-corrected chi connectivity index (χ0v) is 29.4. The zero-order valence-electron chi connectivity index (χ0n) is 29.4. The molecule has 1 saturated heterocycles. The van der Waals surface area contributed by atoms with Crippen molar-refractivity contribution in [1.29, 1.82) is 0 Å². The van der Waals surface area contributed by atoms with E-state index < -0.39 is 17.7 Å². The maximum Gasteiger partial charge on any atom is 0.339 e. The van der Waals surface area contributed by atoms with Gasteiger partial charge in [-0.15, -0.1) is 13.2 Å². The first-order chi connectivity index (χ1) is 23.0. The molecular formula is C40H50N4O4. The average molecular weight is 651 g/mol. The van der Waals surface area contributed by atoms with Crippen molar-refractivity contribution in [2.75, 3.05) is 31.7 Å². The van der Waals surface area contributed by atoms with Crippen molar-refractivity contribution in [3.05, 3.63) is 96.7 Å². The molecule has 1 aliphatic rings. The van der Waals surface area contributed by atoms with Gasteiger partial charge in [0.05, 0.1) is 36.2 Å². The van der Waals surface area contributed by atoms with E-state index in [2.05, 4.69) is 73.5 Å². The number of methoxy groups -OCH3 is 1. The topological polar surface area (TPSA) is 78.2 Å². The Morgan fingerprint density at radius 1 is 1.04 bits per heavy atom. The lowest BCUT2D eigenvalue weighted by Gasteiger charge is -2.41. The number of fused-ring (bicyclic) bond motifs is 1. The molecule has 0 bridgehead atoms. The molecule has 1 atom stereocenters. The Hall–Kier alpha value is -4.27. The highest BCUT2D eigenvalue weighted by molar-refractivity contribution is 5.81. The first kappa shape index (κ1) is 35.0. The van der Waals surface area contributed by atoms with Crippen molar-refractivity contribution in [1.82, 2.24) is 14.6 Å². The molecule has 0 amide bonds. The van der Waals surface area contributed by atoms with E-state index in [1.807, 2.05) is 44.4 Å². The Morgan fingerprint density at radius 3 is 2.46 bits per heavy atom. The number of carbonyl (C=O) groups is 1. The number of hydrogen-bond donors (Lipinski definition) is 0. The van der Waals surface area contributed by atoms with Gasteiger partial charge in [0.1, 0.15) is 5.82 Å². The van der Waals surface area contributed by atoms with E-state index >= 15 is 0 Å². The van der Waals surface area contributed by atoms with Crippen LogP contribution in [0.15, 0.2) is 79.9 Å².